The topological polar surface area (TPSA) is 188 Å². The predicted octanol–water partition coefficient (Wildman–Crippen LogP) is 9.23. The number of rotatable bonds is 13. The summed E-state index contributed by atoms with van der Waals surface area (Å²) in [6.45, 7) is 5.11. The van der Waals surface area contributed by atoms with Gasteiger partial charge in [0.05, 0.1) is 33.5 Å². The first-order valence-electron chi connectivity index (χ1n) is 25.5. The van der Waals surface area contributed by atoms with Crippen LogP contribution in [-0.2, 0) is 35.8 Å². The second-order valence-corrected chi connectivity index (χ2v) is 20.9. The van der Waals surface area contributed by atoms with Crippen LogP contribution in [-0.4, -0.2) is 104 Å². The van der Waals surface area contributed by atoms with Gasteiger partial charge >= 0.3 is 12.1 Å². The first-order valence-corrected chi connectivity index (χ1v) is 26.3. The van der Waals surface area contributed by atoms with E-state index in [0.717, 1.165) is 110 Å². The van der Waals surface area contributed by atoms with Crippen molar-refractivity contribution in [1.82, 2.24) is 34.9 Å². The van der Waals surface area contributed by atoms with E-state index in [-0.39, 0.29) is 59.5 Å². The zero-order valence-corrected chi connectivity index (χ0v) is 42.1. The van der Waals surface area contributed by atoms with Gasteiger partial charge in [-0.05, 0) is 135 Å². The van der Waals surface area contributed by atoms with Crippen molar-refractivity contribution in [3.8, 4) is 16.9 Å². The maximum Gasteiger partial charge on any atom is 0.417 e. The van der Waals surface area contributed by atoms with Crippen molar-refractivity contribution in [3.63, 3.8) is 0 Å². The molecule has 20 heteroatoms. The lowest BCUT2D eigenvalue weighted by Gasteiger charge is -2.36. The number of hydrogen-bond acceptors (Lipinski definition) is 13. The van der Waals surface area contributed by atoms with Gasteiger partial charge in [-0.3, -0.25) is 34.6 Å². The van der Waals surface area contributed by atoms with Crippen LogP contribution in [0.4, 0.5) is 29.9 Å². The number of aromatic carboxylic acids is 1. The van der Waals surface area contributed by atoms with Crippen LogP contribution in [0.15, 0.2) is 84.9 Å². The number of pyridine rings is 2. The number of aromatic nitrogens is 5. The van der Waals surface area contributed by atoms with Crippen LogP contribution < -0.4 is 25.2 Å². The van der Waals surface area contributed by atoms with E-state index < -0.39 is 29.3 Å². The number of benzene rings is 3. The summed E-state index contributed by atoms with van der Waals surface area (Å²) in [4.78, 5) is 71.1. The zero-order valence-electron chi connectivity index (χ0n) is 41.2. The van der Waals surface area contributed by atoms with Crippen LogP contribution in [0.2, 0.25) is 0 Å². The van der Waals surface area contributed by atoms with Gasteiger partial charge < -0.3 is 19.6 Å². The summed E-state index contributed by atoms with van der Waals surface area (Å²) in [6.07, 6.45) is 1.56. The van der Waals surface area contributed by atoms with Gasteiger partial charge in [-0.15, -0.1) is 0 Å². The molecule has 0 radical (unpaired) electrons. The Morgan fingerprint density at radius 3 is 2.39 bits per heavy atom. The molecule has 3 amide bonds. The molecule has 3 N–H and O–H groups in total. The van der Waals surface area contributed by atoms with Gasteiger partial charge in [0.2, 0.25) is 11.8 Å². The van der Waals surface area contributed by atoms with E-state index in [1.165, 1.54) is 35.6 Å². The highest BCUT2D eigenvalue weighted by Crippen LogP contribution is 2.42. The molecule has 3 aliphatic heterocycles. The van der Waals surface area contributed by atoms with Crippen LogP contribution in [0.1, 0.15) is 101 Å². The highest BCUT2D eigenvalue weighted by atomic mass is 32.1. The first kappa shape index (κ1) is 49.7. The van der Waals surface area contributed by atoms with Crippen molar-refractivity contribution in [2.75, 3.05) is 54.4 Å². The Morgan fingerprint density at radius 2 is 1.61 bits per heavy atom. The molecule has 7 aromatic rings. The monoisotopic (exact) mass is 1040 g/mol. The number of nitrogens with one attached hydrogen (secondary N) is 2. The fourth-order valence-electron chi connectivity index (χ4n) is 11.2. The van der Waals surface area contributed by atoms with Gasteiger partial charge in [-0.25, -0.2) is 19.7 Å². The van der Waals surface area contributed by atoms with Gasteiger partial charge in [-0.2, -0.15) is 18.3 Å². The van der Waals surface area contributed by atoms with E-state index in [0.29, 0.717) is 47.3 Å². The molecule has 2 saturated heterocycles. The Labute approximate surface area is 433 Å². The number of amides is 3. The van der Waals surface area contributed by atoms with Gasteiger partial charge in [0.1, 0.15) is 17.4 Å². The average Bonchev–Trinajstić information content (AvgIpc) is 3.98. The molecule has 0 spiro atoms. The molecule has 3 aromatic carbocycles. The molecule has 16 nitrogen and oxygen atoms in total. The number of ether oxygens (including phenoxy) is 1. The number of imide groups is 1. The van der Waals surface area contributed by atoms with E-state index in [4.69, 9.17) is 9.72 Å². The molecule has 4 aliphatic rings. The number of piperidine rings is 1. The van der Waals surface area contributed by atoms with Crippen molar-refractivity contribution in [1.29, 1.82) is 0 Å². The average molecular weight is 1040 g/mol. The number of anilines is 3. The van der Waals surface area contributed by atoms with E-state index in [9.17, 15) is 37.5 Å². The number of thiazole rings is 1. The molecule has 0 bridgehead atoms. The van der Waals surface area contributed by atoms with Crippen molar-refractivity contribution in [2.45, 2.75) is 82.5 Å². The highest BCUT2D eigenvalue weighted by Gasteiger charge is 2.37. The number of piperazine rings is 1. The van der Waals surface area contributed by atoms with Crippen molar-refractivity contribution >= 4 is 73.0 Å². The van der Waals surface area contributed by atoms with Crippen LogP contribution in [0.5, 0.6) is 5.75 Å². The Hall–Kier alpha value is -7.45. The number of para-hydroxylation sites is 1. The maximum absolute atomic E-state index is 14.9. The summed E-state index contributed by atoms with van der Waals surface area (Å²) in [5, 5.41) is 21.6. The van der Waals surface area contributed by atoms with Gasteiger partial charge in [0.25, 0.3) is 5.91 Å². The zero-order chi connectivity index (χ0) is 52.0. The molecule has 388 valence electrons. The molecular weight excluding hydrogens is 986 g/mol. The lowest BCUT2D eigenvalue weighted by Crippen LogP contribution is -2.47. The second-order valence-electron chi connectivity index (χ2n) is 19.9. The summed E-state index contributed by atoms with van der Waals surface area (Å²) in [6, 6.07) is 23.7. The summed E-state index contributed by atoms with van der Waals surface area (Å²) >= 11 is 1.37. The van der Waals surface area contributed by atoms with E-state index >= 15 is 0 Å². The molecule has 1 atom stereocenters. The largest absolute Gasteiger partial charge is 0.490 e. The molecule has 1 unspecified atom stereocenters. The number of hydrogen-bond donors (Lipinski definition) is 3. The number of fused-ring (bicyclic) bond motifs is 3. The van der Waals surface area contributed by atoms with Gasteiger partial charge in [-0.1, -0.05) is 41.7 Å². The third-order valence-corrected chi connectivity index (χ3v) is 16.1. The molecule has 1 aliphatic carbocycles. The van der Waals surface area contributed by atoms with Gasteiger partial charge in [0, 0.05) is 69.3 Å². The van der Waals surface area contributed by atoms with Crippen LogP contribution in [0.25, 0.3) is 32.4 Å². The number of carbonyl (C=O) groups is 4. The summed E-state index contributed by atoms with van der Waals surface area (Å²) in [7, 11) is 1.82. The summed E-state index contributed by atoms with van der Waals surface area (Å²) < 4.78 is 53.5. The normalized spacial score (nSPS) is 19.5. The first-order chi connectivity index (χ1) is 36.2. The van der Waals surface area contributed by atoms with Crippen molar-refractivity contribution in [3.05, 3.63) is 119 Å². The minimum atomic E-state index is -4.82. The van der Waals surface area contributed by atoms with E-state index in [1.807, 2.05) is 60.5 Å². The third kappa shape index (κ3) is 10.5. The maximum atomic E-state index is 14.9. The quantitative estimate of drug-likeness (QED) is 0.0929. The second kappa shape index (κ2) is 20.7. The SMILES string of the molecule is Cn1nc(C2CCC(=O)NC2=O)c2ccc(N3CCN(CCCC4CCC(Oc5ccc(-c6ccc(N7CCc8cccc(C(=O)Nc9nc%10ccccc%10s9)c8C7)nc6C(=O)O)c(C(F)(F)F)c5)CC4)CC3)nc21. The molecule has 75 heavy (non-hydrogen) atoms. The minimum absolute atomic E-state index is 0.0810. The Balaban J connectivity index is 0.677. The molecule has 3 fully saturated rings. The number of carboxylic acid groups (broad SMARTS) is 1. The number of aryl methyl sites for hydroxylation is 1. The minimum Gasteiger partial charge on any atom is -0.490 e. The lowest BCUT2D eigenvalue weighted by molar-refractivity contribution is -0.137. The molecule has 1 saturated carbocycles. The van der Waals surface area contributed by atoms with Crippen LogP contribution in [0.3, 0.4) is 0 Å². The fourth-order valence-corrected chi connectivity index (χ4v) is 12.1. The number of carboxylic acids is 1. The molecular formula is C55H55F3N10O6S. The fraction of sp³-hybridized carbons (Fsp3) is 0.382. The van der Waals surface area contributed by atoms with E-state index in [2.05, 4.69) is 35.5 Å². The molecule has 7 heterocycles. The summed E-state index contributed by atoms with van der Waals surface area (Å²) in [5.74, 6) is -1.15. The lowest BCUT2D eigenvalue weighted by atomic mass is 9.84. The Bertz CT molecular complexity index is 3310. The third-order valence-electron chi connectivity index (χ3n) is 15.2. The predicted molar refractivity (Wildman–Crippen MR) is 278 cm³/mol. The van der Waals surface area contributed by atoms with E-state index in [1.54, 1.807) is 10.7 Å². The molecule has 11 rings (SSSR count). The number of nitrogens with zero attached hydrogens (tertiary/aromatic N) is 8. The Morgan fingerprint density at radius 1 is 0.840 bits per heavy atom. The molecule has 4 aromatic heterocycles. The summed E-state index contributed by atoms with van der Waals surface area (Å²) in [5.41, 5.74) is 2.29. The number of carbonyl (C=O) groups excluding carboxylic acids is 3. The van der Waals surface area contributed by atoms with Crippen molar-refractivity contribution < 1.29 is 42.2 Å². The van der Waals surface area contributed by atoms with Crippen molar-refractivity contribution in [2.24, 2.45) is 13.0 Å². The van der Waals surface area contributed by atoms with Gasteiger partial charge in [0.15, 0.2) is 16.5 Å². The number of alkyl halides is 3. The Kier molecular flexibility index (Phi) is 13.7. The number of halogens is 3. The van der Waals surface area contributed by atoms with Crippen LogP contribution >= 0.6 is 11.3 Å². The standard InChI is InChI=1S/C55H55F3N10O6S/c1-65-50-39(48(64-65)40-19-22-47(69)62-52(40)71)18-21-46(61-50)67-28-26-66(27-29-67)24-5-6-32-11-13-34(14-12-32)74-35-15-16-36(42(30-35)55(56,57)58)37-17-20-45(60-49(37)53(72)73)68-25-23-33-7-4-8-38(41(33)31-68)51(70)63-54-59-43-9-2-3-10-44(43)75-54/h2-4,7-10,15-18,20-21,30,32,34,40H,5-6,11-14,19,22-29,31H2,1H3,(H,72,73)(H,59,63,70)(H,62,69,71). The van der Waals surface area contributed by atoms with Crippen LogP contribution in [0, 0.1) is 5.92 Å². The highest BCUT2D eigenvalue weighted by molar-refractivity contribution is 7.22. The smallest absolute Gasteiger partial charge is 0.417 e.